The molecule has 0 unspecified atom stereocenters. The Morgan fingerprint density at radius 2 is 1.83 bits per heavy atom. The van der Waals surface area contributed by atoms with E-state index in [1.165, 1.54) is 0 Å². The van der Waals surface area contributed by atoms with Crippen LogP contribution in [0, 0.1) is 0 Å². The Morgan fingerprint density at radius 1 is 1.42 bits per heavy atom. The van der Waals surface area contributed by atoms with E-state index in [2.05, 4.69) is 6.58 Å². The first-order chi connectivity index (χ1) is 5.66. The van der Waals surface area contributed by atoms with Gasteiger partial charge in [0.2, 0.25) is 0 Å². The van der Waals surface area contributed by atoms with E-state index in [0.29, 0.717) is 5.75 Å². The number of hydrogen-bond acceptors (Lipinski definition) is 3. The van der Waals surface area contributed by atoms with Crippen LogP contribution in [0.4, 0.5) is 0 Å². The van der Waals surface area contributed by atoms with E-state index in [4.69, 9.17) is 15.0 Å². The lowest BCUT2D eigenvalue weighted by Gasteiger charge is -1.82. The summed E-state index contributed by atoms with van der Waals surface area (Å²) >= 11 is 0. The number of aliphatic carboxylic acids is 1. The quantitative estimate of drug-likeness (QED) is 0.609. The van der Waals surface area contributed by atoms with Crippen LogP contribution in [0.25, 0.3) is 0 Å². The Morgan fingerprint density at radius 3 is 2.00 bits per heavy atom. The Kier molecular flexibility index (Phi) is 5.09. The van der Waals surface area contributed by atoms with E-state index < -0.39 is 5.97 Å². The molecule has 0 aliphatic carbocycles. The monoisotopic (exact) mass is 165 g/mol. The van der Waals surface area contributed by atoms with Gasteiger partial charge in [-0.3, -0.25) is 0 Å². The van der Waals surface area contributed by atoms with E-state index in [0.717, 1.165) is 6.08 Å². The minimum atomic E-state index is -1.23. The van der Waals surface area contributed by atoms with Crippen LogP contribution in [0.5, 0.6) is 5.75 Å². The molecule has 64 valence electrons. The lowest BCUT2D eigenvalue weighted by atomic mass is 10.3. The van der Waals surface area contributed by atoms with Crippen molar-refractivity contribution in [1.82, 2.24) is 0 Å². The van der Waals surface area contributed by atoms with Gasteiger partial charge in [-0.25, -0.2) is 0 Å². The lowest BCUT2D eigenvalue weighted by Crippen LogP contribution is -2.17. The number of phenolic OH excluding ortho intramolecular Hbond substituents is 1. The molecule has 0 fully saturated rings. The van der Waals surface area contributed by atoms with E-state index in [1.54, 1.807) is 24.3 Å². The predicted octanol–water partition coefficient (Wildman–Crippen LogP) is 0.314. The fraction of sp³-hybridized carbons (Fsp3) is 0. The third-order valence-corrected chi connectivity index (χ3v) is 0.923. The van der Waals surface area contributed by atoms with Crippen LogP contribution in [0.2, 0.25) is 0 Å². The molecule has 0 radical (unpaired) electrons. The first kappa shape index (κ1) is 10.2. The largest absolute Gasteiger partial charge is 0.545 e. The second-order valence-electron chi connectivity index (χ2n) is 1.86. The minimum Gasteiger partial charge on any atom is -0.545 e. The van der Waals surface area contributed by atoms with E-state index in [1.807, 2.05) is 6.07 Å². The number of hydrogen-bond donors (Lipinski definition) is 1. The summed E-state index contributed by atoms with van der Waals surface area (Å²) < 4.78 is 0. The molecule has 3 nitrogen and oxygen atoms in total. The highest BCUT2D eigenvalue weighted by molar-refractivity contribution is 5.76. The van der Waals surface area contributed by atoms with Crippen LogP contribution < -0.4 is 5.11 Å². The molecule has 0 heterocycles. The van der Waals surface area contributed by atoms with Crippen molar-refractivity contribution in [1.29, 1.82) is 0 Å². The van der Waals surface area contributed by atoms with Gasteiger partial charge in [-0.15, -0.1) is 0 Å². The van der Waals surface area contributed by atoms with Crippen LogP contribution in [-0.4, -0.2) is 11.1 Å². The van der Waals surface area contributed by atoms with Crippen LogP contribution in [-0.2, 0) is 4.79 Å². The van der Waals surface area contributed by atoms with Gasteiger partial charge in [-0.1, -0.05) is 24.8 Å². The Labute approximate surface area is 70.6 Å². The number of benzene rings is 1. The number of carbonyl (C=O) groups is 1. The summed E-state index contributed by atoms with van der Waals surface area (Å²) in [4.78, 5) is 9.14. The summed E-state index contributed by atoms with van der Waals surface area (Å²) in [7, 11) is 0. The molecular weight excluding hydrogens is 156 g/mol. The van der Waals surface area contributed by atoms with Crippen molar-refractivity contribution in [3.05, 3.63) is 43.0 Å². The summed E-state index contributed by atoms with van der Waals surface area (Å²) in [6.45, 7) is 2.90. The zero-order valence-corrected chi connectivity index (χ0v) is 6.43. The van der Waals surface area contributed by atoms with Gasteiger partial charge in [0, 0.05) is 0 Å². The summed E-state index contributed by atoms with van der Waals surface area (Å²) in [6.07, 6.45) is 0.722. The first-order valence-corrected chi connectivity index (χ1v) is 3.24. The molecule has 0 spiro atoms. The SMILES string of the molecule is C=CC(=O)[O-].Oc1ccccc1. The second-order valence-corrected chi connectivity index (χ2v) is 1.86. The average molecular weight is 165 g/mol. The molecule has 1 aromatic rings. The normalized spacial score (nSPS) is 7.67. The van der Waals surface area contributed by atoms with Gasteiger partial charge in [0.1, 0.15) is 5.75 Å². The fourth-order valence-electron chi connectivity index (χ4n) is 0.428. The molecule has 0 aliphatic heterocycles. The Bertz CT molecular complexity index is 241. The number of rotatable bonds is 1. The van der Waals surface area contributed by atoms with Crippen LogP contribution >= 0.6 is 0 Å². The molecule has 0 amide bonds. The highest BCUT2D eigenvalue weighted by Gasteiger charge is 1.74. The van der Waals surface area contributed by atoms with Gasteiger partial charge in [0.05, 0.1) is 5.97 Å². The molecule has 0 saturated carbocycles. The fourth-order valence-corrected chi connectivity index (χ4v) is 0.428. The van der Waals surface area contributed by atoms with Crippen molar-refractivity contribution in [2.45, 2.75) is 0 Å². The number of carbonyl (C=O) groups excluding carboxylic acids is 1. The van der Waals surface area contributed by atoms with Crippen LogP contribution in [0.3, 0.4) is 0 Å². The van der Waals surface area contributed by atoms with Crippen molar-refractivity contribution in [3.8, 4) is 5.75 Å². The highest BCUT2D eigenvalue weighted by atomic mass is 16.4. The molecule has 1 aromatic carbocycles. The summed E-state index contributed by atoms with van der Waals surface area (Å²) in [5.74, 6) is -0.910. The van der Waals surface area contributed by atoms with E-state index in [-0.39, 0.29) is 0 Å². The van der Waals surface area contributed by atoms with Crippen molar-refractivity contribution >= 4 is 5.97 Å². The molecular formula is C9H9O3-. The van der Waals surface area contributed by atoms with Crippen molar-refractivity contribution in [2.24, 2.45) is 0 Å². The van der Waals surface area contributed by atoms with Gasteiger partial charge in [-0.05, 0) is 18.2 Å². The van der Waals surface area contributed by atoms with E-state index in [9.17, 15) is 0 Å². The third kappa shape index (κ3) is 6.35. The van der Waals surface area contributed by atoms with E-state index >= 15 is 0 Å². The van der Waals surface area contributed by atoms with Crippen molar-refractivity contribution < 1.29 is 15.0 Å². The second kappa shape index (κ2) is 5.97. The van der Waals surface area contributed by atoms with Gasteiger partial charge in [-0.2, -0.15) is 0 Å². The van der Waals surface area contributed by atoms with Gasteiger partial charge >= 0.3 is 0 Å². The predicted molar refractivity (Wildman–Crippen MR) is 43.3 cm³/mol. The van der Waals surface area contributed by atoms with Crippen LogP contribution in [0.15, 0.2) is 43.0 Å². The topological polar surface area (TPSA) is 60.4 Å². The zero-order chi connectivity index (χ0) is 9.40. The summed E-state index contributed by atoms with van der Waals surface area (Å²) in [5, 5.41) is 17.8. The van der Waals surface area contributed by atoms with Crippen LogP contribution in [0.1, 0.15) is 0 Å². The summed E-state index contributed by atoms with van der Waals surface area (Å²) in [6, 6.07) is 8.71. The molecule has 0 aliphatic rings. The van der Waals surface area contributed by atoms with Gasteiger partial charge in [0.15, 0.2) is 0 Å². The van der Waals surface area contributed by atoms with Crippen molar-refractivity contribution in [3.63, 3.8) is 0 Å². The maximum atomic E-state index is 9.14. The number of carboxylic acid groups (broad SMARTS) is 1. The number of carboxylic acids is 1. The molecule has 3 heteroatoms. The smallest absolute Gasteiger partial charge is 0.115 e. The Hall–Kier alpha value is -1.77. The molecule has 0 aromatic heterocycles. The third-order valence-electron chi connectivity index (χ3n) is 0.923. The molecule has 0 saturated heterocycles. The molecule has 1 rings (SSSR count). The van der Waals surface area contributed by atoms with Gasteiger partial charge < -0.3 is 15.0 Å². The number of phenols is 1. The number of aromatic hydroxyl groups is 1. The molecule has 12 heavy (non-hydrogen) atoms. The Balaban J connectivity index is 0.000000217. The summed E-state index contributed by atoms with van der Waals surface area (Å²) in [5.41, 5.74) is 0. The number of para-hydroxylation sites is 1. The zero-order valence-electron chi connectivity index (χ0n) is 6.43. The van der Waals surface area contributed by atoms with Gasteiger partial charge in [0.25, 0.3) is 0 Å². The average Bonchev–Trinajstić information content (AvgIpc) is 2.07. The minimum absolute atomic E-state index is 0.322. The molecule has 0 bridgehead atoms. The standard InChI is InChI=1S/C6H6O.C3H4O2/c7-6-4-2-1-3-5-6;1-2-3(4)5/h1-5,7H;2H,1H2,(H,4,5)/p-1. The highest BCUT2D eigenvalue weighted by Crippen LogP contribution is 2.02. The lowest BCUT2D eigenvalue weighted by molar-refractivity contribution is -0.297. The maximum absolute atomic E-state index is 9.14. The molecule has 0 atom stereocenters. The van der Waals surface area contributed by atoms with Crippen molar-refractivity contribution in [2.75, 3.05) is 0 Å². The first-order valence-electron chi connectivity index (χ1n) is 3.24. The maximum Gasteiger partial charge on any atom is 0.115 e. The molecule has 1 N–H and O–H groups in total.